The molecule has 2 nitrogen and oxygen atoms in total. The van der Waals surface area contributed by atoms with Crippen molar-refractivity contribution >= 4 is 11.8 Å². The second kappa shape index (κ2) is 5.94. The van der Waals surface area contributed by atoms with Gasteiger partial charge in [-0.2, -0.15) is 0 Å². The van der Waals surface area contributed by atoms with Gasteiger partial charge in [-0.1, -0.05) is 18.2 Å². The van der Waals surface area contributed by atoms with E-state index in [1.807, 2.05) is 36.2 Å². The van der Waals surface area contributed by atoms with Crippen molar-refractivity contribution in [3.8, 4) is 0 Å². The van der Waals surface area contributed by atoms with Crippen molar-refractivity contribution in [1.82, 2.24) is 4.57 Å². The summed E-state index contributed by atoms with van der Waals surface area (Å²) in [5.74, 6) is 1.01. The summed E-state index contributed by atoms with van der Waals surface area (Å²) in [5, 5.41) is 9.58. The van der Waals surface area contributed by atoms with E-state index in [0.717, 1.165) is 18.0 Å². The van der Waals surface area contributed by atoms with Gasteiger partial charge in [0, 0.05) is 29.1 Å². The number of benzene rings is 1. The molecular weight excluding hydrogens is 230 g/mol. The summed E-state index contributed by atoms with van der Waals surface area (Å²) in [6.07, 6.45) is 1.62. The molecule has 1 aromatic heterocycles. The maximum absolute atomic E-state index is 9.58. The molecule has 1 unspecified atom stereocenters. The lowest BCUT2D eigenvalue weighted by molar-refractivity contribution is 0.189. The van der Waals surface area contributed by atoms with E-state index in [2.05, 4.69) is 28.8 Å². The van der Waals surface area contributed by atoms with Gasteiger partial charge in [-0.15, -0.1) is 11.8 Å². The first-order chi connectivity index (χ1) is 8.27. The number of rotatable bonds is 5. The molecule has 0 aliphatic heterocycles. The van der Waals surface area contributed by atoms with Crippen molar-refractivity contribution in [1.29, 1.82) is 0 Å². The predicted molar refractivity (Wildman–Crippen MR) is 72.2 cm³/mol. The van der Waals surface area contributed by atoms with Crippen LogP contribution in [0, 0.1) is 0 Å². The van der Waals surface area contributed by atoms with E-state index in [9.17, 15) is 5.11 Å². The normalized spacial score (nSPS) is 12.6. The number of aryl methyl sites for hydroxylation is 1. The molecule has 1 atom stereocenters. The summed E-state index contributed by atoms with van der Waals surface area (Å²) >= 11 is 1.84. The number of hydrogen-bond acceptors (Lipinski definition) is 2. The van der Waals surface area contributed by atoms with E-state index in [-0.39, 0.29) is 0 Å². The molecule has 17 heavy (non-hydrogen) atoms. The first kappa shape index (κ1) is 12.3. The van der Waals surface area contributed by atoms with Crippen LogP contribution < -0.4 is 0 Å². The van der Waals surface area contributed by atoms with Crippen LogP contribution in [0.2, 0.25) is 0 Å². The summed E-state index contributed by atoms with van der Waals surface area (Å²) in [6.45, 7) is 2.73. The molecule has 0 amide bonds. The van der Waals surface area contributed by atoms with Gasteiger partial charge in [-0.3, -0.25) is 0 Å². The topological polar surface area (TPSA) is 25.2 Å². The van der Waals surface area contributed by atoms with E-state index in [1.54, 1.807) is 6.92 Å². The zero-order chi connectivity index (χ0) is 12.1. The number of aromatic nitrogens is 1. The van der Waals surface area contributed by atoms with Crippen LogP contribution in [0.4, 0.5) is 0 Å². The van der Waals surface area contributed by atoms with Gasteiger partial charge in [-0.05, 0) is 31.2 Å². The molecular formula is C14H17NOS. The van der Waals surface area contributed by atoms with Crippen LogP contribution in [0.25, 0.3) is 0 Å². The van der Waals surface area contributed by atoms with E-state index < -0.39 is 6.10 Å². The molecule has 0 aliphatic rings. The van der Waals surface area contributed by atoms with E-state index in [4.69, 9.17) is 0 Å². The summed E-state index contributed by atoms with van der Waals surface area (Å²) in [5.41, 5.74) is 0.985. The second-order valence-corrected chi connectivity index (χ2v) is 5.13. The third-order valence-corrected chi connectivity index (χ3v) is 3.63. The largest absolute Gasteiger partial charge is 0.387 e. The van der Waals surface area contributed by atoms with Gasteiger partial charge in [-0.25, -0.2) is 0 Å². The molecule has 0 saturated heterocycles. The molecule has 0 aliphatic carbocycles. The maximum Gasteiger partial charge on any atom is 0.0911 e. The quantitative estimate of drug-likeness (QED) is 0.820. The molecule has 0 bridgehead atoms. The van der Waals surface area contributed by atoms with E-state index >= 15 is 0 Å². The minimum Gasteiger partial charge on any atom is -0.387 e. The standard InChI is InChI=1S/C14H17NOS/c1-12(16)14-8-5-9-15(14)10-11-17-13-6-3-2-4-7-13/h2-9,12,16H,10-11H2,1H3. The number of thioether (sulfide) groups is 1. The zero-order valence-electron chi connectivity index (χ0n) is 9.91. The molecule has 1 aromatic carbocycles. The van der Waals surface area contributed by atoms with E-state index in [0.29, 0.717) is 0 Å². The van der Waals surface area contributed by atoms with Gasteiger partial charge >= 0.3 is 0 Å². The molecule has 1 heterocycles. The molecule has 1 N–H and O–H groups in total. The second-order valence-electron chi connectivity index (χ2n) is 3.96. The summed E-state index contributed by atoms with van der Waals surface area (Å²) < 4.78 is 2.11. The Balaban J connectivity index is 1.88. The minimum atomic E-state index is -0.397. The maximum atomic E-state index is 9.58. The molecule has 0 fully saturated rings. The van der Waals surface area contributed by atoms with Gasteiger partial charge in [0.25, 0.3) is 0 Å². The lowest BCUT2D eigenvalue weighted by atomic mass is 10.3. The smallest absolute Gasteiger partial charge is 0.0911 e. The fourth-order valence-corrected chi connectivity index (χ4v) is 2.66. The number of nitrogens with zero attached hydrogens (tertiary/aromatic N) is 1. The van der Waals surface area contributed by atoms with Gasteiger partial charge in [0.15, 0.2) is 0 Å². The van der Waals surface area contributed by atoms with Crippen molar-refractivity contribution < 1.29 is 5.11 Å². The molecule has 0 saturated carbocycles. The van der Waals surface area contributed by atoms with Gasteiger partial charge < -0.3 is 9.67 Å². The van der Waals surface area contributed by atoms with Gasteiger partial charge in [0.1, 0.15) is 0 Å². The Kier molecular flexibility index (Phi) is 4.29. The van der Waals surface area contributed by atoms with Crippen LogP contribution in [0.1, 0.15) is 18.7 Å². The summed E-state index contributed by atoms with van der Waals surface area (Å²) in [6, 6.07) is 14.3. The SMILES string of the molecule is CC(O)c1cccn1CCSc1ccccc1. The molecule has 2 rings (SSSR count). The highest BCUT2D eigenvalue weighted by Gasteiger charge is 2.05. The van der Waals surface area contributed by atoms with Crippen LogP contribution in [0.5, 0.6) is 0 Å². The van der Waals surface area contributed by atoms with Gasteiger partial charge in [0.2, 0.25) is 0 Å². The third-order valence-electron chi connectivity index (χ3n) is 2.64. The van der Waals surface area contributed by atoms with Crippen molar-refractivity contribution in [2.45, 2.75) is 24.5 Å². The van der Waals surface area contributed by atoms with Crippen LogP contribution in [0.15, 0.2) is 53.6 Å². The van der Waals surface area contributed by atoms with Crippen molar-refractivity contribution in [3.63, 3.8) is 0 Å². The zero-order valence-corrected chi connectivity index (χ0v) is 10.7. The Morgan fingerprint density at radius 3 is 2.65 bits per heavy atom. The van der Waals surface area contributed by atoms with Gasteiger partial charge in [0.05, 0.1) is 6.10 Å². The number of aliphatic hydroxyl groups is 1. The Bertz CT molecular complexity index is 450. The first-order valence-corrected chi connectivity index (χ1v) is 6.77. The van der Waals surface area contributed by atoms with Crippen molar-refractivity contribution in [2.24, 2.45) is 0 Å². The van der Waals surface area contributed by atoms with Crippen molar-refractivity contribution in [2.75, 3.05) is 5.75 Å². The highest BCUT2D eigenvalue weighted by atomic mass is 32.2. The predicted octanol–water partition coefficient (Wildman–Crippen LogP) is 3.33. The lowest BCUT2D eigenvalue weighted by Crippen LogP contribution is -2.06. The highest BCUT2D eigenvalue weighted by Crippen LogP contribution is 2.19. The van der Waals surface area contributed by atoms with Crippen molar-refractivity contribution in [3.05, 3.63) is 54.4 Å². The Hall–Kier alpha value is -1.19. The Labute approximate surface area is 106 Å². The summed E-state index contributed by atoms with van der Waals surface area (Å²) in [4.78, 5) is 1.29. The number of aliphatic hydroxyl groups excluding tert-OH is 1. The average Bonchev–Trinajstić information content (AvgIpc) is 2.79. The first-order valence-electron chi connectivity index (χ1n) is 5.78. The van der Waals surface area contributed by atoms with Crippen LogP contribution >= 0.6 is 11.8 Å². The molecule has 0 radical (unpaired) electrons. The Morgan fingerprint density at radius 1 is 1.18 bits per heavy atom. The Morgan fingerprint density at radius 2 is 1.94 bits per heavy atom. The molecule has 3 heteroatoms. The fourth-order valence-electron chi connectivity index (χ4n) is 1.79. The van der Waals surface area contributed by atoms with Crippen LogP contribution in [-0.4, -0.2) is 15.4 Å². The van der Waals surface area contributed by atoms with E-state index in [1.165, 1.54) is 4.90 Å². The third kappa shape index (κ3) is 3.38. The van der Waals surface area contributed by atoms with Crippen LogP contribution in [0.3, 0.4) is 0 Å². The molecule has 90 valence electrons. The minimum absolute atomic E-state index is 0.397. The van der Waals surface area contributed by atoms with Crippen LogP contribution in [-0.2, 0) is 6.54 Å². The lowest BCUT2D eigenvalue weighted by Gasteiger charge is -2.10. The fraction of sp³-hybridized carbons (Fsp3) is 0.286. The monoisotopic (exact) mass is 247 g/mol. The molecule has 0 spiro atoms. The molecule has 2 aromatic rings. The average molecular weight is 247 g/mol. The summed E-state index contributed by atoms with van der Waals surface area (Å²) in [7, 11) is 0. The number of hydrogen-bond donors (Lipinski definition) is 1. The highest BCUT2D eigenvalue weighted by molar-refractivity contribution is 7.99.